The molecule has 10 nitrogen and oxygen atoms in total. The van der Waals surface area contributed by atoms with Gasteiger partial charge in [-0.3, -0.25) is 0 Å². The molecule has 0 atom stereocenters. The lowest BCUT2D eigenvalue weighted by Gasteiger charge is -2.05. The maximum Gasteiger partial charge on any atom is 0.338 e. The van der Waals surface area contributed by atoms with E-state index in [1.807, 2.05) is 6.92 Å². The van der Waals surface area contributed by atoms with E-state index in [4.69, 9.17) is 40.5 Å². The molecule has 0 aliphatic heterocycles. The van der Waals surface area contributed by atoms with Gasteiger partial charge in [0.2, 0.25) is 0 Å². The van der Waals surface area contributed by atoms with Crippen LogP contribution in [0, 0.1) is 0 Å². The van der Waals surface area contributed by atoms with Crippen LogP contribution < -0.4 is 0 Å². The number of benzene rings is 2. The maximum absolute atomic E-state index is 11.3. The Morgan fingerprint density at radius 3 is 1.48 bits per heavy atom. The van der Waals surface area contributed by atoms with Crippen LogP contribution in [-0.4, -0.2) is 54.3 Å². The third-order valence-corrected chi connectivity index (χ3v) is 3.06. The second-order valence-corrected chi connectivity index (χ2v) is 5.17. The van der Waals surface area contributed by atoms with Crippen molar-refractivity contribution in [1.29, 1.82) is 0 Å². The Bertz CT molecular complexity index is 798. The molecule has 2 rings (SSSR count). The molecule has 146 valence electrons. The molecule has 0 radical (unpaired) electrons. The fourth-order valence-electron chi connectivity index (χ4n) is 1.73. The topological polar surface area (TPSA) is 185 Å². The molecule has 0 unspecified atom stereocenters. The summed E-state index contributed by atoms with van der Waals surface area (Å²) in [6, 6.07) is 3.76. The van der Waals surface area contributed by atoms with E-state index in [0.717, 1.165) is 24.3 Å². The van der Waals surface area contributed by atoms with Crippen LogP contribution in [-0.2, 0) is 4.74 Å². The Labute approximate surface area is 152 Å². The summed E-state index contributed by atoms with van der Waals surface area (Å²) in [4.78, 5) is 21.6. The first-order chi connectivity index (χ1) is 12.6. The number of phenols is 6. The first-order valence-electron chi connectivity index (χ1n) is 7.48. The minimum Gasteiger partial charge on any atom is -0.504 e. The fourth-order valence-corrected chi connectivity index (χ4v) is 1.73. The third kappa shape index (κ3) is 5.59. The molecule has 0 saturated carbocycles. The average Bonchev–Trinajstić information content (AvgIpc) is 2.61. The number of esters is 1. The number of carboxylic acids is 1. The zero-order valence-corrected chi connectivity index (χ0v) is 14.1. The monoisotopic (exact) mass is 382 g/mol. The van der Waals surface area contributed by atoms with Crippen molar-refractivity contribution < 1.29 is 50.1 Å². The van der Waals surface area contributed by atoms with E-state index in [9.17, 15) is 9.59 Å². The summed E-state index contributed by atoms with van der Waals surface area (Å²) in [5, 5.41) is 62.3. The van der Waals surface area contributed by atoms with Crippen molar-refractivity contribution in [3.63, 3.8) is 0 Å². The highest BCUT2D eigenvalue weighted by molar-refractivity contribution is 5.91. The van der Waals surface area contributed by atoms with Crippen LogP contribution in [0.4, 0.5) is 0 Å². The molecule has 7 N–H and O–H groups in total. The van der Waals surface area contributed by atoms with Gasteiger partial charge in [-0.25, -0.2) is 9.59 Å². The second kappa shape index (κ2) is 9.04. The van der Waals surface area contributed by atoms with Crippen molar-refractivity contribution in [2.45, 2.75) is 13.3 Å². The Hall–Kier alpha value is -3.82. The van der Waals surface area contributed by atoms with Crippen LogP contribution in [0.1, 0.15) is 34.1 Å². The van der Waals surface area contributed by atoms with E-state index in [0.29, 0.717) is 6.42 Å². The van der Waals surface area contributed by atoms with Crippen molar-refractivity contribution in [2.75, 3.05) is 6.61 Å². The molecular weight excluding hydrogens is 364 g/mol. The Kier molecular flexibility index (Phi) is 7.10. The molecule has 0 spiro atoms. The number of phenolic OH excluding ortho intramolecular Hbond substituents is 6. The molecule has 10 heteroatoms. The molecule has 0 saturated heterocycles. The number of hydrogen-bond acceptors (Lipinski definition) is 9. The summed E-state index contributed by atoms with van der Waals surface area (Å²) < 4.78 is 4.78. The summed E-state index contributed by atoms with van der Waals surface area (Å²) in [6.45, 7) is 2.11. The van der Waals surface area contributed by atoms with E-state index in [1.165, 1.54) is 0 Å². The zero-order valence-electron chi connectivity index (χ0n) is 14.1. The lowest BCUT2D eigenvalue weighted by molar-refractivity contribution is 0.0503. The predicted molar refractivity (Wildman–Crippen MR) is 90.4 cm³/mol. The highest BCUT2D eigenvalue weighted by atomic mass is 16.5. The summed E-state index contributed by atoms with van der Waals surface area (Å²) in [5.74, 6) is -5.75. The van der Waals surface area contributed by atoms with Crippen LogP contribution in [0.15, 0.2) is 24.3 Å². The van der Waals surface area contributed by atoms with Gasteiger partial charge in [0, 0.05) is 0 Å². The molecule has 2 aromatic rings. The van der Waals surface area contributed by atoms with Gasteiger partial charge in [0.1, 0.15) is 0 Å². The number of carbonyl (C=O) groups is 2. The lowest BCUT2D eigenvalue weighted by atomic mass is 10.2. The summed E-state index contributed by atoms with van der Waals surface area (Å²) in [5.41, 5.74) is -0.293. The van der Waals surface area contributed by atoms with Crippen molar-refractivity contribution >= 4 is 11.9 Å². The number of carbonyl (C=O) groups excluding carboxylic acids is 1. The number of carboxylic acid groups (broad SMARTS) is 1. The Morgan fingerprint density at radius 1 is 0.778 bits per heavy atom. The van der Waals surface area contributed by atoms with Gasteiger partial charge in [-0.05, 0) is 30.7 Å². The number of aromatic carboxylic acids is 1. The van der Waals surface area contributed by atoms with Crippen molar-refractivity contribution in [3.8, 4) is 34.5 Å². The molecule has 0 amide bonds. The third-order valence-electron chi connectivity index (χ3n) is 3.06. The van der Waals surface area contributed by atoms with E-state index in [2.05, 4.69) is 0 Å². The molecule has 0 aliphatic carbocycles. The van der Waals surface area contributed by atoms with Crippen LogP contribution in [0.25, 0.3) is 0 Å². The van der Waals surface area contributed by atoms with Gasteiger partial charge in [0.15, 0.2) is 34.5 Å². The Balaban J connectivity index is 0.000000277. The van der Waals surface area contributed by atoms with Gasteiger partial charge in [-0.2, -0.15) is 0 Å². The molecule has 27 heavy (non-hydrogen) atoms. The minimum absolute atomic E-state index is 0.00347. The van der Waals surface area contributed by atoms with Gasteiger partial charge in [0.25, 0.3) is 0 Å². The van der Waals surface area contributed by atoms with E-state index in [-0.39, 0.29) is 17.7 Å². The van der Waals surface area contributed by atoms with E-state index in [1.54, 1.807) is 0 Å². The molecule has 0 heterocycles. The Morgan fingerprint density at radius 2 is 1.15 bits per heavy atom. The highest BCUT2D eigenvalue weighted by Crippen LogP contribution is 2.36. The minimum atomic E-state index is -1.29. The maximum atomic E-state index is 11.3. The van der Waals surface area contributed by atoms with Crippen LogP contribution in [0.3, 0.4) is 0 Å². The normalized spacial score (nSPS) is 9.81. The molecular formula is C17H18O10. The van der Waals surface area contributed by atoms with Crippen LogP contribution in [0.2, 0.25) is 0 Å². The average molecular weight is 382 g/mol. The van der Waals surface area contributed by atoms with Gasteiger partial charge < -0.3 is 40.5 Å². The van der Waals surface area contributed by atoms with Crippen LogP contribution in [0.5, 0.6) is 34.5 Å². The summed E-state index contributed by atoms with van der Waals surface area (Å²) in [6.07, 6.45) is 0.682. The molecule has 0 bridgehead atoms. The van der Waals surface area contributed by atoms with Gasteiger partial charge in [-0.15, -0.1) is 0 Å². The van der Waals surface area contributed by atoms with Gasteiger partial charge >= 0.3 is 11.9 Å². The van der Waals surface area contributed by atoms with Crippen molar-refractivity contribution in [1.82, 2.24) is 0 Å². The first kappa shape index (κ1) is 21.2. The summed E-state index contributed by atoms with van der Waals surface area (Å²) in [7, 11) is 0. The SMILES string of the molecule is CCCOC(=O)c1cc(O)c(O)c(O)c1.O=C(O)c1cc(O)c(O)c(O)c1. The fraction of sp³-hybridized carbons (Fsp3) is 0.176. The van der Waals surface area contributed by atoms with Crippen molar-refractivity contribution in [3.05, 3.63) is 35.4 Å². The van der Waals surface area contributed by atoms with Gasteiger partial charge in [-0.1, -0.05) is 6.92 Å². The zero-order chi connectivity index (χ0) is 20.7. The standard InChI is InChI=1S/C10H12O5.C7H6O5/c1-2-3-15-10(14)6-4-7(11)9(13)8(12)5-6;8-4-1-3(7(11)12)2-5(9)6(4)10/h4-5,11-13H,2-3H2,1H3;1-2,8-10H,(H,11,12). The predicted octanol–water partition coefficient (Wildman–Crippen LogP) is 1.87. The molecule has 0 aromatic heterocycles. The second-order valence-electron chi connectivity index (χ2n) is 5.17. The summed E-state index contributed by atoms with van der Waals surface area (Å²) >= 11 is 0. The number of hydrogen-bond donors (Lipinski definition) is 7. The van der Waals surface area contributed by atoms with Crippen molar-refractivity contribution in [2.24, 2.45) is 0 Å². The van der Waals surface area contributed by atoms with E-state index < -0.39 is 46.4 Å². The smallest absolute Gasteiger partial charge is 0.338 e. The molecule has 0 fully saturated rings. The lowest BCUT2D eigenvalue weighted by Crippen LogP contribution is -2.05. The van der Waals surface area contributed by atoms with E-state index >= 15 is 0 Å². The number of ether oxygens (including phenoxy) is 1. The number of aromatic hydroxyl groups is 6. The first-order valence-corrected chi connectivity index (χ1v) is 7.48. The van der Waals surface area contributed by atoms with Gasteiger partial charge in [0.05, 0.1) is 17.7 Å². The quantitative estimate of drug-likeness (QED) is 0.304. The number of rotatable bonds is 4. The highest BCUT2D eigenvalue weighted by Gasteiger charge is 2.14. The molecule has 2 aromatic carbocycles. The molecule has 0 aliphatic rings. The largest absolute Gasteiger partial charge is 0.504 e. The van der Waals surface area contributed by atoms with Crippen LogP contribution >= 0.6 is 0 Å².